The number of sulfonamides is 2. The summed E-state index contributed by atoms with van der Waals surface area (Å²) in [7, 11) is -6.18. The van der Waals surface area contributed by atoms with Gasteiger partial charge in [-0.15, -0.1) is 0 Å². The maximum atomic E-state index is 13.2. The van der Waals surface area contributed by atoms with Crippen LogP contribution in [0.25, 0.3) is 0 Å². The van der Waals surface area contributed by atoms with Crippen LogP contribution in [-0.4, -0.2) is 60.0 Å². The molecule has 9 nitrogen and oxygen atoms in total. The second-order valence-corrected chi connectivity index (χ2v) is 12.3. The Bertz CT molecular complexity index is 1270. The third-order valence-corrected chi connectivity index (χ3v) is 8.75. The zero-order valence-electron chi connectivity index (χ0n) is 19.9. The van der Waals surface area contributed by atoms with E-state index in [1.54, 1.807) is 19.1 Å². The zero-order chi connectivity index (χ0) is 25.1. The third-order valence-electron chi connectivity index (χ3n) is 5.70. The van der Waals surface area contributed by atoms with E-state index in [4.69, 9.17) is 4.74 Å². The number of carbonyl (C=O) groups excluding carboxylic acids is 1. The number of methoxy groups -OCH3 is 1. The lowest BCUT2D eigenvalue weighted by Crippen LogP contribution is -2.38. The number of carbonyl (C=O) groups is 1. The molecule has 2 aromatic carbocycles. The fourth-order valence-electron chi connectivity index (χ4n) is 3.90. The number of amides is 1. The molecule has 1 heterocycles. The molecular formula is C23H31N3O6S2. The highest BCUT2D eigenvalue weighted by atomic mass is 32.2. The van der Waals surface area contributed by atoms with Crippen LogP contribution in [0.5, 0.6) is 5.75 Å². The number of piperidine rings is 1. The summed E-state index contributed by atoms with van der Waals surface area (Å²) in [4.78, 5) is 12.8. The van der Waals surface area contributed by atoms with Crippen LogP contribution in [0.1, 0.15) is 30.4 Å². The van der Waals surface area contributed by atoms with E-state index in [2.05, 4.69) is 5.32 Å². The van der Waals surface area contributed by atoms with Gasteiger partial charge in [-0.25, -0.2) is 16.8 Å². The van der Waals surface area contributed by atoms with Gasteiger partial charge >= 0.3 is 0 Å². The number of rotatable bonds is 8. The summed E-state index contributed by atoms with van der Waals surface area (Å²) in [5.74, 6) is -0.422. The fraction of sp³-hybridized carbons (Fsp3) is 0.435. The summed E-state index contributed by atoms with van der Waals surface area (Å²) < 4.78 is 59.1. The lowest BCUT2D eigenvalue weighted by molar-refractivity contribution is -0.114. The van der Waals surface area contributed by atoms with Crippen LogP contribution in [0.3, 0.4) is 0 Å². The van der Waals surface area contributed by atoms with E-state index in [0.717, 1.165) is 35.4 Å². The van der Waals surface area contributed by atoms with E-state index < -0.39 is 32.5 Å². The van der Waals surface area contributed by atoms with Gasteiger partial charge < -0.3 is 10.1 Å². The summed E-state index contributed by atoms with van der Waals surface area (Å²) in [6.45, 7) is 4.02. The second kappa shape index (κ2) is 10.3. The van der Waals surface area contributed by atoms with Crippen molar-refractivity contribution in [1.29, 1.82) is 0 Å². The van der Waals surface area contributed by atoms with Crippen LogP contribution in [0.4, 0.5) is 11.4 Å². The second-order valence-electron chi connectivity index (χ2n) is 8.44. The lowest BCUT2D eigenvalue weighted by Gasteiger charge is -2.27. The quantitative estimate of drug-likeness (QED) is 0.586. The monoisotopic (exact) mass is 509 g/mol. The summed E-state index contributed by atoms with van der Waals surface area (Å²) >= 11 is 0. The summed E-state index contributed by atoms with van der Waals surface area (Å²) in [6, 6.07) is 9.72. The molecule has 186 valence electrons. The molecule has 34 heavy (non-hydrogen) atoms. The lowest BCUT2D eigenvalue weighted by atomic mass is 10.1. The molecule has 1 N–H and O–H groups in total. The van der Waals surface area contributed by atoms with E-state index in [1.165, 1.54) is 29.6 Å². The highest BCUT2D eigenvalue weighted by Crippen LogP contribution is 2.31. The molecular weight excluding hydrogens is 478 g/mol. The molecule has 0 aliphatic carbocycles. The van der Waals surface area contributed by atoms with Crippen molar-refractivity contribution in [2.24, 2.45) is 0 Å². The molecule has 3 rings (SSSR count). The van der Waals surface area contributed by atoms with Crippen molar-refractivity contribution in [3.63, 3.8) is 0 Å². The molecule has 1 aliphatic heterocycles. The van der Waals surface area contributed by atoms with Crippen LogP contribution >= 0.6 is 0 Å². The number of hydrogen-bond acceptors (Lipinski definition) is 6. The molecule has 0 radical (unpaired) electrons. The van der Waals surface area contributed by atoms with Crippen LogP contribution in [-0.2, 0) is 24.8 Å². The van der Waals surface area contributed by atoms with E-state index in [0.29, 0.717) is 24.3 Å². The van der Waals surface area contributed by atoms with E-state index in [9.17, 15) is 21.6 Å². The number of aryl methyl sites for hydroxylation is 2. The Morgan fingerprint density at radius 2 is 1.71 bits per heavy atom. The summed E-state index contributed by atoms with van der Waals surface area (Å²) in [5, 5.41) is 2.63. The maximum Gasteiger partial charge on any atom is 0.246 e. The zero-order valence-corrected chi connectivity index (χ0v) is 21.5. The molecule has 1 amide bonds. The molecule has 2 aromatic rings. The molecule has 0 atom stereocenters. The van der Waals surface area contributed by atoms with E-state index >= 15 is 0 Å². The molecule has 0 spiro atoms. The van der Waals surface area contributed by atoms with Gasteiger partial charge in [-0.05, 0) is 62.1 Å². The molecule has 1 aliphatic rings. The van der Waals surface area contributed by atoms with Crippen LogP contribution in [0, 0.1) is 13.8 Å². The number of nitrogens with zero attached hydrogens (tertiary/aromatic N) is 2. The smallest absolute Gasteiger partial charge is 0.246 e. The van der Waals surface area contributed by atoms with Gasteiger partial charge in [-0.2, -0.15) is 4.31 Å². The average molecular weight is 510 g/mol. The summed E-state index contributed by atoms with van der Waals surface area (Å²) in [6.07, 6.45) is 3.60. The van der Waals surface area contributed by atoms with Gasteiger partial charge in [0.05, 0.1) is 19.1 Å². The highest BCUT2D eigenvalue weighted by Gasteiger charge is 2.29. The van der Waals surface area contributed by atoms with E-state index in [-0.39, 0.29) is 16.3 Å². The first-order valence-electron chi connectivity index (χ1n) is 11.0. The van der Waals surface area contributed by atoms with Gasteiger partial charge in [0.25, 0.3) is 0 Å². The largest absolute Gasteiger partial charge is 0.495 e. The minimum absolute atomic E-state index is 0.0378. The Morgan fingerprint density at radius 1 is 1.03 bits per heavy atom. The minimum Gasteiger partial charge on any atom is -0.495 e. The topological polar surface area (TPSA) is 113 Å². The first-order valence-corrected chi connectivity index (χ1v) is 14.3. The Balaban J connectivity index is 1.88. The Hall–Kier alpha value is -2.63. The van der Waals surface area contributed by atoms with Crippen molar-refractivity contribution < 1.29 is 26.4 Å². The third kappa shape index (κ3) is 5.89. The fourth-order valence-corrected chi connectivity index (χ4v) is 6.50. The molecule has 0 saturated carbocycles. The van der Waals surface area contributed by atoms with Crippen molar-refractivity contribution in [2.75, 3.05) is 42.6 Å². The Labute approximate surface area is 201 Å². The van der Waals surface area contributed by atoms with Gasteiger partial charge in [0, 0.05) is 18.8 Å². The van der Waals surface area contributed by atoms with Crippen molar-refractivity contribution in [2.45, 2.75) is 38.0 Å². The highest BCUT2D eigenvalue weighted by molar-refractivity contribution is 7.92. The van der Waals surface area contributed by atoms with Crippen LogP contribution in [0.15, 0.2) is 41.3 Å². The standard InChI is InChI=1S/C23H31N3O6S2/c1-17-8-9-18(2)20(14-17)26(33(4,28)29)16-23(27)24-19-10-11-21(32-3)22(15-19)34(30,31)25-12-6-5-7-13-25/h8-11,14-15H,5-7,12-13,16H2,1-4H3,(H,24,27). The maximum absolute atomic E-state index is 13.2. The first-order chi connectivity index (χ1) is 15.9. The summed E-state index contributed by atoms with van der Waals surface area (Å²) in [5.41, 5.74) is 2.22. The Kier molecular flexibility index (Phi) is 7.89. The van der Waals surface area contributed by atoms with E-state index in [1.807, 2.05) is 13.0 Å². The number of nitrogens with one attached hydrogen (secondary N) is 1. The van der Waals surface area contributed by atoms with Crippen molar-refractivity contribution in [3.05, 3.63) is 47.5 Å². The first kappa shape index (κ1) is 26.0. The van der Waals surface area contributed by atoms with Gasteiger partial charge in [0.1, 0.15) is 17.2 Å². The van der Waals surface area contributed by atoms with Gasteiger partial charge in [0.15, 0.2) is 0 Å². The molecule has 0 unspecified atom stereocenters. The van der Waals surface area contributed by atoms with Gasteiger partial charge in [-0.3, -0.25) is 9.10 Å². The molecule has 11 heteroatoms. The van der Waals surface area contributed by atoms with Crippen molar-refractivity contribution in [1.82, 2.24) is 4.31 Å². The molecule has 0 aromatic heterocycles. The van der Waals surface area contributed by atoms with Gasteiger partial charge in [-0.1, -0.05) is 18.6 Å². The molecule has 1 saturated heterocycles. The van der Waals surface area contributed by atoms with Crippen LogP contribution in [0.2, 0.25) is 0 Å². The predicted molar refractivity (Wildman–Crippen MR) is 132 cm³/mol. The number of hydrogen-bond donors (Lipinski definition) is 1. The average Bonchev–Trinajstić information content (AvgIpc) is 2.79. The normalized spacial score (nSPS) is 15.1. The Morgan fingerprint density at radius 3 is 2.32 bits per heavy atom. The SMILES string of the molecule is COc1ccc(NC(=O)CN(c2cc(C)ccc2C)S(C)(=O)=O)cc1S(=O)(=O)N1CCCCC1. The minimum atomic E-state index is -3.81. The predicted octanol–water partition coefficient (Wildman–Crippen LogP) is 2.89. The number of ether oxygens (including phenoxy) is 1. The number of benzene rings is 2. The van der Waals surface area contributed by atoms with Crippen LogP contribution < -0.4 is 14.4 Å². The van der Waals surface area contributed by atoms with Crippen molar-refractivity contribution in [3.8, 4) is 5.75 Å². The molecule has 0 bridgehead atoms. The number of anilines is 2. The van der Waals surface area contributed by atoms with Crippen molar-refractivity contribution >= 4 is 37.3 Å². The molecule has 1 fully saturated rings. The van der Waals surface area contributed by atoms with Gasteiger partial charge in [0.2, 0.25) is 26.0 Å².